The van der Waals surface area contributed by atoms with Gasteiger partial charge >= 0.3 is 53.4 Å². The van der Waals surface area contributed by atoms with Crippen LogP contribution in [0.3, 0.4) is 0 Å². The zero-order chi connectivity index (χ0) is 13.1. The predicted molar refractivity (Wildman–Crippen MR) is 56.0 cm³/mol. The third-order valence-corrected chi connectivity index (χ3v) is 0.737. The number of hydrogen-bond acceptors (Lipinski definition) is 4. The Morgan fingerprint density at radius 3 is 0.706 bits per heavy atom. The van der Waals surface area contributed by atoms with Crippen LogP contribution in [0.1, 0.15) is 0 Å². The summed E-state index contributed by atoms with van der Waals surface area (Å²) in [5.74, 6) is -5.03. The van der Waals surface area contributed by atoms with Gasteiger partial charge in [0.2, 0.25) is 0 Å². The van der Waals surface area contributed by atoms with Gasteiger partial charge in [-0.25, -0.2) is 19.2 Å². The van der Waals surface area contributed by atoms with E-state index in [1.54, 1.807) is 0 Å². The summed E-state index contributed by atoms with van der Waals surface area (Å²) in [4.78, 5) is 38.2. The number of carboxylic acids is 4. The summed E-state index contributed by atoms with van der Waals surface area (Å²) in [5, 5.41) is 31.2. The minimum atomic E-state index is -1.26. The van der Waals surface area contributed by atoms with Crippen molar-refractivity contribution in [2.75, 3.05) is 0 Å². The summed E-state index contributed by atoms with van der Waals surface area (Å²) in [6.07, 6.45) is 2.23. The van der Waals surface area contributed by atoms with Crippen LogP contribution >= 0.6 is 0 Å². The Hall–Kier alpha value is -1.64. The zero-order valence-electron chi connectivity index (χ0n) is 7.73. The molecular formula is C8H9NaO8. The van der Waals surface area contributed by atoms with Crippen LogP contribution in [-0.4, -0.2) is 73.9 Å². The summed E-state index contributed by atoms with van der Waals surface area (Å²) >= 11 is 0. The van der Waals surface area contributed by atoms with E-state index in [0.717, 1.165) is 0 Å². The second-order valence-corrected chi connectivity index (χ2v) is 2.02. The van der Waals surface area contributed by atoms with Gasteiger partial charge in [-0.1, -0.05) is 0 Å². The molecule has 0 aliphatic rings. The summed E-state index contributed by atoms with van der Waals surface area (Å²) in [6.45, 7) is 0. The molecule has 4 N–H and O–H groups in total. The van der Waals surface area contributed by atoms with E-state index in [0.29, 0.717) is 24.3 Å². The Bertz CT molecular complexity index is 277. The molecule has 8 nitrogen and oxygen atoms in total. The maximum atomic E-state index is 9.55. The zero-order valence-corrected chi connectivity index (χ0v) is 7.73. The van der Waals surface area contributed by atoms with Crippen LogP contribution in [0.5, 0.6) is 0 Å². The second-order valence-electron chi connectivity index (χ2n) is 2.02. The molecule has 0 saturated heterocycles. The Balaban J connectivity index is -0.000000218. The topological polar surface area (TPSA) is 149 Å². The van der Waals surface area contributed by atoms with E-state index in [9.17, 15) is 19.2 Å². The first-order valence-electron chi connectivity index (χ1n) is 3.53. The number of carboxylic acid groups (broad SMARTS) is 4. The number of hydrogen-bond donors (Lipinski definition) is 4. The van der Waals surface area contributed by atoms with Crippen molar-refractivity contribution >= 4 is 53.4 Å². The van der Waals surface area contributed by atoms with Gasteiger partial charge in [-0.15, -0.1) is 0 Å². The standard InChI is InChI=1S/2C4H4O4.Na.H/c2*5-3(6)1-2-4(7)8;;/h2*1-2H,(H,5,6)(H,7,8);;. The van der Waals surface area contributed by atoms with Crippen LogP contribution in [0.25, 0.3) is 0 Å². The van der Waals surface area contributed by atoms with Gasteiger partial charge in [-0.2, -0.15) is 0 Å². The first kappa shape index (κ1) is 20.7. The Morgan fingerprint density at radius 1 is 0.529 bits per heavy atom. The molecule has 0 aromatic carbocycles. The molecule has 0 spiro atoms. The molecule has 0 aliphatic heterocycles. The van der Waals surface area contributed by atoms with E-state index in [1.807, 2.05) is 0 Å². The Labute approximate surface area is 117 Å². The van der Waals surface area contributed by atoms with E-state index >= 15 is 0 Å². The first-order chi connectivity index (χ1) is 7.25. The fraction of sp³-hybridized carbons (Fsp3) is 0. The molecule has 0 radical (unpaired) electrons. The van der Waals surface area contributed by atoms with Crippen molar-refractivity contribution in [2.45, 2.75) is 0 Å². The van der Waals surface area contributed by atoms with Gasteiger partial charge in [0, 0.05) is 24.3 Å². The van der Waals surface area contributed by atoms with E-state index < -0.39 is 23.9 Å². The SMILES string of the molecule is O=C(O)C=CC(=O)O.O=C(O)C=CC(=O)O.[NaH]. The van der Waals surface area contributed by atoms with E-state index in [-0.39, 0.29) is 29.6 Å². The van der Waals surface area contributed by atoms with Gasteiger partial charge in [0.05, 0.1) is 0 Å². The van der Waals surface area contributed by atoms with Crippen LogP contribution in [0, 0.1) is 0 Å². The van der Waals surface area contributed by atoms with Crippen molar-refractivity contribution in [3.63, 3.8) is 0 Å². The molecular weight excluding hydrogens is 247 g/mol. The quantitative estimate of drug-likeness (QED) is 0.361. The molecule has 90 valence electrons. The van der Waals surface area contributed by atoms with Crippen LogP contribution in [0.15, 0.2) is 24.3 Å². The molecule has 0 aromatic heterocycles. The number of rotatable bonds is 4. The molecule has 0 aromatic rings. The van der Waals surface area contributed by atoms with Crippen LogP contribution in [0.2, 0.25) is 0 Å². The molecule has 0 atom stereocenters. The third-order valence-electron chi connectivity index (χ3n) is 0.737. The molecule has 0 unspecified atom stereocenters. The van der Waals surface area contributed by atoms with Gasteiger partial charge in [0.25, 0.3) is 0 Å². The average Bonchev–Trinajstić information content (AvgIpc) is 2.12. The molecule has 0 bridgehead atoms. The fourth-order valence-electron chi connectivity index (χ4n) is 0.285. The molecule has 0 saturated carbocycles. The molecule has 0 fully saturated rings. The first-order valence-corrected chi connectivity index (χ1v) is 3.53. The summed E-state index contributed by atoms with van der Waals surface area (Å²) in [6, 6.07) is 0. The Morgan fingerprint density at radius 2 is 0.647 bits per heavy atom. The van der Waals surface area contributed by atoms with Crippen molar-refractivity contribution in [1.82, 2.24) is 0 Å². The number of carbonyl (C=O) groups is 4. The second kappa shape index (κ2) is 12.4. The van der Waals surface area contributed by atoms with Crippen molar-refractivity contribution in [3.8, 4) is 0 Å². The summed E-state index contributed by atoms with van der Waals surface area (Å²) in [5.41, 5.74) is 0. The Kier molecular flexibility index (Phi) is 15.2. The van der Waals surface area contributed by atoms with Gasteiger partial charge in [0.1, 0.15) is 0 Å². The van der Waals surface area contributed by atoms with E-state index in [1.165, 1.54) is 0 Å². The third kappa shape index (κ3) is 31.4. The molecule has 0 rings (SSSR count). The molecule has 17 heavy (non-hydrogen) atoms. The van der Waals surface area contributed by atoms with Crippen LogP contribution in [0.4, 0.5) is 0 Å². The normalized spacial score (nSPS) is 8.94. The molecule has 0 amide bonds. The van der Waals surface area contributed by atoms with Crippen LogP contribution in [-0.2, 0) is 19.2 Å². The molecule has 0 heterocycles. The van der Waals surface area contributed by atoms with Crippen molar-refractivity contribution in [1.29, 1.82) is 0 Å². The van der Waals surface area contributed by atoms with Crippen molar-refractivity contribution < 1.29 is 39.6 Å². The van der Waals surface area contributed by atoms with Gasteiger partial charge in [-0.05, 0) is 0 Å². The van der Waals surface area contributed by atoms with Gasteiger partial charge in [0.15, 0.2) is 0 Å². The van der Waals surface area contributed by atoms with Gasteiger partial charge < -0.3 is 20.4 Å². The minimum absolute atomic E-state index is 0. The number of aliphatic carboxylic acids is 4. The van der Waals surface area contributed by atoms with E-state index in [4.69, 9.17) is 20.4 Å². The summed E-state index contributed by atoms with van der Waals surface area (Å²) < 4.78 is 0. The monoisotopic (exact) mass is 256 g/mol. The maximum absolute atomic E-state index is 9.55. The average molecular weight is 256 g/mol. The predicted octanol–water partition coefficient (Wildman–Crippen LogP) is -1.22. The van der Waals surface area contributed by atoms with Crippen LogP contribution < -0.4 is 0 Å². The summed E-state index contributed by atoms with van der Waals surface area (Å²) in [7, 11) is 0. The fourth-order valence-corrected chi connectivity index (χ4v) is 0.285. The molecule has 0 aliphatic carbocycles. The van der Waals surface area contributed by atoms with E-state index in [2.05, 4.69) is 0 Å². The van der Waals surface area contributed by atoms with Gasteiger partial charge in [-0.3, -0.25) is 0 Å². The van der Waals surface area contributed by atoms with Crippen molar-refractivity contribution in [3.05, 3.63) is 24.3 Å². The van der Waals surface area contributed by atoms with Crippen molar-refractivity contribution in [2.24, 2.45) is 0 Å². The molecule has 9 heteroatoms.